The Balaban J connectivity index is 0.922. The Hall–Kier alpha value is -8.23. The summed E-state index contributed by atoms with van der Waals surface area (Å²) in [5, 5.41) is 0. The maximum Gasteiger partial charge on any atom is 0.227 e. The number of anilines is 6. The van der Waals surface area contributed by atoms with Gasteiger partial charge in [0.05, 0.1) is 0 Å². The third kappa shape index (κ3) is 6.44. The lowest BCUT2D eigenvalue weighted by Gasteiger charge is -2.25. The minimum absolute atomic E-state index is 0.536. The van der Waals surface area contributed by atoms with Crippen molar-refractivity contribution < 1.29 is 13.3 Å². The number of nitrogens with zero attached hydrogens (tertiary/aromatic N) is 5. The zero-order valence-corrected chi connectivity index (χ0v) is 31.5. The Morgan fingerprint density at radius 3 is 0.932 bits per heavy atom. The summed E-state index contributed by atoms with van der Waals surface area (Å²) in [5.74, 6) is 1.72. The monoisotopic (exact) mass is 763 g/mol. The van der Waals surface area contributed by atoms with E-state index in [1.807, 2.05) is 146 Å². The highest BCUT2D eigenvalue weighted by Gasteiger charge is 2.20. The van der Waals surface area contributed by atoms with Crippen LogP contribution in [0.25, 0.3) is 67.7 Å². The van der Waals surface area contributed by atoms with Gasteiger partial charge in [-0.25, -0.2) is 15.0 Å². The molecule has 3 heterocycles. The van der Waals surface area contributed by atoms with E-state index in [9.17, 15) is 0 Å². The molecule has 0 atom stereocenters. The van der Waals surface area contributed by atoms with Gasteiger partial charge in [-0.2, -0.15) is 0 Å². The van der Waals surface area contributed by atoms with Crippen molar-refractivity contribution >= 4 is 67.4 Å². The number of hydrogen-bond donors (Lipinski definition) is 0. The van der Waals surface area contributed by atoms with Crippen molar-refractivity contribution in [2.75, 3.05) is 9.80 Å². The van der Waals surface area contributed by atoms with Crippen LogP contribution in [0.4, 0.5) is 34.1 Å². The Morgan fingerprint density at radius 2 is 0.559 bits per heavy atom. The van der Waals surface area contributed by atoms with Crippen molar-refractivity contribution in [3.05, 3.63) is 200 Å². The first-order valence-electron chi connectivity index (χ1n) is 19.3. The van der Waals surface area contributed by atoms with Crippen molar-refractivity contribution in [1.29, 1.82) is 0 Å². The van der Waals surface area contributed by atoms with Gasteiger partial charge in [-0.15, -0.1) is 0 Å². The molecule has 0 bridgehead atoms. The zero-order chi connectivity index (χ0) is 39.1. The van der Waals surface area contributed by atoms with Gasteiger partial charge in [0.1, 0.15) is 16.6 Å². The number of para-hydroxylation sites is 2. The van der Waals surface area contributed by atoms with Crippen LogP contribution in [0.2, 0.25) is 0 Å². The third-order valence-corrected chi connectivity index (χ3v) is 10.3. The van der Waals surface area contributed by atoms with Crippen LogP contribution in [0, 0.1) is 0 Å². The van der Waals surface area contributed by atoms with E-state index in [2.05, 4.69) is 64.4 Å². The van der Waals surface area contributed by atoms with E-state index < -0.39 is 0 Å². The molecule has 0 unspecified atom stereocenters. The van der Waals surface area contributed by atoms with Crippen LogP contribution in [0.1, 0.15) is 0 Å². The summed E-state index contributed by atoms with van der Waals surface area (Å²) in [6.07, 6.45) is 0. The molecule has 0 radical (unpaired) electrons. The van der Waals surface area contributed by atoms with Gasteiger partial charge in [0, 0.05) is 69.0 Å². The summed E-state index contributed by atoms with van der Waals surface area (Å²) < 4.78 is 19.0. The highest BCUT2D eigenvalue weighted by molar-refractivity contribution is 5.89. The molecule has 280 valence electrons. The van der Waals surface area contributed by atoms with Crippen LogP contribution >= 0.6 is 0 Å². The van der Waals surface area contributed by atoms with E-state index in [1.54, 1.807) is 0 Å². The molecule has 0 amide bonds. The van der Waals surface area contributed by atoms with Gasteiger partial charge in [0.2, 0.25) is 17.7 Å². The van der Waals surface area contributed by atoms with E-state index in [1.165, 1.54) is 0 Å². The summed E-state index contributed by atoms with van der Waals surface area (Å²) in [6, 6.07) is 67.0. The molecule has 0 aliphatic heterocycles. The van der Waals surface area contributed by atoms with Gasteiger partial charge in [0.25, 0.3) is 0 Å². The van der Waals surface area contributed by atoms with Gasteiger partial charge in [-0.3, -0.25) is 0 Å². The SMILES string of the molecule is c1ccc(-c2nc3ccc(N(c4ccccc4)c4ccc(-c5nc6ccc(N(c7ccccc7)c7ccc8nc(-c9ccccc9)oc8c7)cc6o5)cc4)cc3o2)cc1. The molecule has 3 aromatic heterocycles. The largest absolute Gasteiger partial charge is 0.436 e. The first-order valence-corrected chi connectivity index (χ1v) is 19.3. The minimum Gasteiger partial charge on any atom is -0.436 e. The smallest absolute Gasteiger partial charge is 0.227 e. The van der Waals surface area contributed by atoms with Gasteiger partial charge in [-0.05, 0) is 109 Å². The quantitative estimate of drug-likeness (QED) is 0.144. The predicted octanol–water partition coefficient (Wildman–Crippen LogP) is 14.1. The van der Waals surface area contributed by atoms with Gasteiger partial charge >= 0.3 is 0 Å². The second-order valence-corrected chi connectivity index (χ2v) is 14.1. The van der Waals surface area contributed by atoms with Crippen molar-refractivity contribution in [2.45, 2.75) is 0 Å². The second kappa shape index (κ2) is 14.4. The first kappa shape index (κ1) is 34.1. The Kier molecular flexibility index (Phi) is 8.29. The fraction of sp³-hybridized carbons (Fsp3) is 0. The van der Waals surface area contributed by atoms with Crippen LogP contribution in [-0.4, -0.2) is 15.0 Å². The summed E-state index contributed by atoms with van der Waals surface area (Å²) in [4.78, 5) is 18.8. The van der Waals surface area contributed by atoms with Crippen molar-refractivity contribution in [3.8, 4) is 34.4 Å². The molecule has 11 aromatic rings. The Morgan fingerprint density at radius 1 is 0.271 bits per heavy atom. The average molecular weight is 764 g/mol. The van der Waals surface area contributed by atoms with Gasteiger partial charge < -0.3 is 23.1 Å². The molecule has 11 rings (SSSR count). The topological polar surface area (TPSA) is 84.6 Å². The maximum atomic E-state index is 6.50. The van der Waals surface area contributed by atoms with Crippen LogP contribution in [0.5, 0.6) is 0 Å². The molecule has 0 aliphatic rings. The van der Waals surface area contributed by atoms with Crippen LogP contribution < -0.4 is 9.80 Å². The predicted molar refractivity (Wildman–Crippen MR) is 235 cm³/mol. The molecule has 0 saturated heterocycles. The third-order valence-electron chi connectivity index (χ3n) is 10.3. The van der Waals surface area contributed by atoms with Crippen molar-refractivity contribution in [3.63, 3.8) is 0 Å². The summed E-state index contributed by atoms with van der Waals surface area (Å²) in [7, 11) is 0. The standard InChI is InChI=1S/C51H33N5O3/c1-5-13-34(14-6-1)49-52-43-28-25-40(31-46(43)57-49)55(37-17-9-3-10-18-37)39-23-21-36(22-24-39)51-54-45-30-27-42(33-48(45)59-51)56(38-19-11-4-12-20-38)41-26-29-44-47(32-41)58-50(53-44)35-15-7-2-8-16-35/h1-33H. The number of fused-ring (bicyclic) bond motifs is 3. The van der Waals surface area contributed by atoms with Gasteiger partial charge in [-0.1, -0.05) is 72.8 Å². The van der Waals surface area contributed by atoms with Crippen molar-refractivity contribution in [1.82, 2.24) is 15.0 Å². The van der Waals surface area contributed by atoms with Crippen molar-refractivity contribution in [2.24, 2.45) is 0 Å². The number of benzene rings is 8. The molecule has 0 fully saturated rings. The molecular formula is C51H33N5O3. The van der Waals surface area contributed by atoms with Crippen LogP contribution in [0.3, 0.4) is 0 Å². The Bertz CT molecular complexity index is 3220. The lowest BCUT2D eigenvalue weighted by molar-refractivity contribution is 0.619. The molecule has 8 nitrogen and oxygen atoms in total. The number of oxazole rings is 3. The minimum atomic E-state index is 0.536. The zero-order valence-electron chi connectivity index (χ0n) is 31.5. The number of rotatable bonds is 9. The Labute approximate surface area is 338 Å². The summed E-state index contributed by atoms with van der Waals surface area (Å²) >= 11 is 0. The van der Waals surface area contributed by atoms with E-state index in [0.717, 1.165) is 67.4 Å². The number of aromatic nitrogens is 3. The lowest BCUT2D eigenvalue weighted by atomic mass is 10.1. The lowest BCUT2D eigenvalue weighted by Crippen LogP contribution is -2.09. The van der Waals surface area contributed by atoms with E-state index in [0.29, 0.717) is 34.4 Å². The average Bonchev–Trinajstić information content (AvgIpc) is 4.05. The fourth-order valence-electron chi connectivity index (χ4n) is 7.49. The number of hydrogen-bond acceptors (Lipinski definition) is 8. The van der Waals surface area contributed by atoms with E-state index in [4.69, 9.17) is 28.2 Å². The fourth-order valence-corrected chi connectivity index (χ4v) is 7.49. The summed E-state index contributed by atoms with van der Waals surface area (Å²) in [5.41, 5.74) is 13.0. The normalized spacial score (nSPS) is 11.4. The van der Waals surface area contributed by atoms with Gasteiger partial charge in [0.15, 0.2) is 16.7 Å². The van der Waals surface area contributed by atoms with E-state index >= 15 is 0 Å². The molecular weight excluding hydrogens is 731 g/mol. The molecule has 59 heavy (non-hydrogen) atoms. The maximum absolute atomic E-state index is 6.50. The van der Waals surface area contributed by atoms with Crippen LogP contribution in [-0.2, 0) is 0 Å². The molecule has 0 N–H and O–H groups in total. The van der Waals surface area contributed by atoms with E-state index in [-0.39, 0.29) is 0 Å². The molecule has 8 heteroatoms. The molecule has 0 aliphatic carbocycles. The highest BCUT2D eigenvalue weighted by atomic mass is 16.4. The first-order chi connectivity index (χ1) is 29.2. The van der Waals surface area contributed by atoms with Crippen LogP contribution in [0.15, 0.2) is 213 Å². The molecule has 0 saturated carbocycles. The highest BCUT2D eigenvalue weighted by Crippen LogP contribution is 2.40. The summed E-state index contributed by atoms with van der Waals surface area (Å²) in [6.45, 7) is 0. The molecule has 0 spiro atoms. The molecule has 8 aromatic carbocycles. The second-order valence-electron chi connectivity index (χ2n) is 14.1.